The van der Waals surface area contributed by atoms with Crippen LogP contribution in [0.15, 0.2) is 20.3 Å². The van der Waals surface area contributed by atoms with Gasteiger partial charge in [0.15, 0.2) is 0 Å². The zero-order valence-corrected chi connectivity index (χ0v) is 17.6. The summed E-state index contributed by atoms with van der Waals surface area (Å²) in [6, 6.07) is 0. The Balaban J connectivity index is 2.16. The standard InChI is InChI=1S/C13H17BrNO.3CH3.Sn/c1-3-4-8-15-11(16)9-13(2)7-5-6-10(14)12(13)15;;;;/h1,4-9H2,2H3;3*1H3;. The van der Waals surface area contributed by atoms with E-state index in [4.69, 9.17) is 0 Å². The quantitative estimate of drug-likeness (QED) is 0.566. The zero-order chi connectivity index (χ0) is 15.1. The number of hydrogen-bond donors (Lipinski definition) is 0. The van der Waals surface area contributed by atoms with E-state index in [1.807, 2.05) is 4.90 Å². The molecule has 0 aromatic rings. The van der Waals surface area contributed by atoms with Crippen LogP contribution in [-0.4, -0.2) is 35.7 Å². The van der Waals surface area contributed by atoms with Crippen molar-refractivity contribution in [1.82, 2.24) is 4.90 Å². The average Bonchev–Trinajstić information content (AvgIpc) is 2.56. The summed E-state index contributed by atoms with van der Waals surface area (Å²) in [7, 11) is 0. The second-order valence-electron chi connectivity index (χ2n) is 7.49. The maximum atomic E-state index is 12.4. The van der Waals surface area contributed by atoms with Crippen LogP contribution in [0.1, 0.15) is 39.0 Å². The Hall–Kier alpha value is 0.229. The van der Waals surface area contributed by atoms with Gasteiger partial charge >= 0.3 is 136 Å². The number of amides is 1. The van der Waals surface area contributed by atoms with Gasteiger partial charge in [-0.2, -0.15) is 0 Å². The van der Waals surface area contributed by atoms with E-state index < -0.39 is 18.4 Å². The number of allylic oxidation sites excluding steroid dienone is 2. The van der Waals surface area contributed by atoms with Crippen molar-refractivity contribution in [3.8, 4) is 0 Å². The second-order valence-corrected chi connectivity index (χ2v) is 23.3. The first-order chi connectivity index (χ1) is 9.15. The van der Waals surface area contributed by atoms with Crippen molar-refractivity contribution >= 4 is 40.2 Å². The summed E-state index contributed by atoms with van der Waals surface area (Å²) >= 11 is 1.71. The molecule has 0 saturated carbocycles. The normalized spacial score (nSPS) is 27.1. The molecule has 20 heavy (non-hydrogen) atoms. The molecule has 0 bridgehead atoms. The predicted octanol–water partition coefficient (Wildman–Crippen LogP) is 4.84. The first-order valence-corrected chi connectivity index (χ1v) is 18.3. The van der Waals surface area contributed by atoms with Crippen LogP contribution in [0.5, 0.6) is 0 Å². The van der Waals surface area contributed by atoms with Crippen LogP contribution in [0.2, 0.25) is 14.8 Å². The summed E-state index contributed by atoms with van der Waals surface area (Å²) in [5, 5.41) is 0. The third-order valence-electron chi connectivity index (χ3n) is 4.76. The van der Waals surface area contributed by atoms with Crippen molar-refractivity contribution in [3.63, 3.8) is 0 Å². The molecule has 1 unspecified atom stereocenters. The SMILES string of the molecule is C=[C](CCN1C(=O)CC2(C)CCCC(Br)=C12)[Sn]([CH3])([CH3])[CH3]. The van der Waals surface area contributed by atoms with E-state index in [-0.39, 0.29) is 5.41 Å². The summed E-state index contributed by atoms with van der Waals surface area (Å²) in [6.45, 7) is 7.35. The van der Waals surface area contributed by atoms with Crippen molar-refractivity contribution < 1.29 is 4.79 Å². The van der Waals surface area contributed by atoms with Crippen molar-refractivity contribution in [2.75, 3.05) is 6.54 Å². The van der Waals surface area contributed by atoms with Gasteiger partial charge in [0.2, 0.25) is 0 Å². The van der Waals surface area contributed by atoms with Gasteiger partial charge in [0.25, 0.3) is 0 Å². The van der Waals surface area contributed by atoms with Crippen LogP contribution in [0.3, 0.4) is 0 Å². The fourth-order valence-corrected chi connectivity index (χ4v) is 6.69. The number of likely N-dealkylation sites (tertiary alicyclic amines) is 1. The fourth-order valence-electron chi connectivity index (χ4n) is 3.25. The minimum absolute atomic E-state index is 0.0700. The Kier molecular flexibility index (Phi) is 4.80. The summed E-state index contributed by atoms with van der Waals surface area (Å²) in [5.41, 5.74) is 1.34. The molecule has 2 rings (SSSR count). The van der Waals surface area contributed by atoms with Gasteiger partial charge in [0.1, 0.15) is 0 Å². The van der Waals surface area contributed by atoms with E-state index in [1.165, 1.54) is 20.2 Å². The Bertz CT molecular complexity index is 477. The molecule has 112 valence electrons. The van der Waals surface area contributed by atoms with Crippen LogP contribution in [0.4, 0.5) is 0 Å². The third-order valence-corrected chi connectivity index (χ3v) is 12.3. The van der Waals surface area contributed by atoms with Gasteiger partial charge in [-0.3, -0.25) is 0 Å². The van der Waals surface area contributed by atoms with E-state index in [0.29, 0.717) is 12.3 Å². The van der Waals surface area contributed by atoms with E-state index in [2.05, 4.69) is 44.3 Å². The van der Waals surface area contributed by atoms with Crippen LogP contribution < -0.4 is 0 Å². The average molecular weight is 447 g/mol. The summed E-state index contributed by atoms with van der Waals surface area (Å²) in [6.07, 6.45) is 5.06. The number of halogens is 1. The number of rotatable bonds is 4. The molecule has 1 heterocycles. The molecule has 0 aromatic carbocycles. The molecule has 0 aromatic heterocycles. The Morgan fingerprint density at radius 3 is 2.70 bits per heavy atom. The number of fused-ring (bicyclic) bond motifs is 1. The monoisotopic (exact) mass is 447 g/mol. The summed E-state index contributed by atoms with van der Waals surface area (Å²) < 4.78 is 2.68. The molecule has 0 radical (unpaired) electrons. The Labute approximate surface area is 135 Å². The summed E-state index contributed by atoms with van der Waals surface area (Å²) in [4.78, 5) is 21.6. The topological polar surface area (TPSA) is 20.3 Å². The molecule has 1 aliphatic carbocycles. The molecule has 1 atom stereocenters. The van der Waals surface area contributed by atoms with E-state index in [1.54, 1.807) is 0 Å². The molecule has 0 spiro atoms. The van der Waals surface area contributed by atoms with Gasteiger partial charge in [-0.25, -0.2) is 0 Å². The molecular weight excluding hydrogens is 421 g/mol. The van der Waals surface area contributed by atoms with Crippen LogP contribution >= 0.6 is 15.9 Å². The number of nitrogens with zero attached hydrogens (tertiary/aromatic N) is 1. The molecule has 2 aliphatic rings. The van der Waals surface area contributed by atoms with Crippen molar-refractivity contribution in [2.24, 2.45) is 5.41 Å². The summed E-state index contributed by atoms with van der Waals surface area (Å²) in [5.74, 6) is 0.304. The van der Waals surface area contributed by atoms with E-state index in [9.17, 15) is 4.79 Å². The molecule has 1 amide bonds. The van der Waals surface area contributed by atoms with Gasteiger partial charge in [-0.1, -0.05) is 0 Å². The van der Waals surface area contributed by atoms with Gasteiger partial charge in [0.05, 0.1) is 0 Å². The minimum atomic E-state index is -2.02. The van der Waals surface area contributed by atoms with Gasteiger partial charge in [0, 0.05) is 0 Å². The van der Waals surface area contributed by atoms with E-state index >= 15 is 0 Å². The fraction of sp³-hybridized carbons (Fsp3) is 0.688. The number of hydrogen-bond acceptors (Lipinski definition) is 1. The van der Waals surface area contributed by atoms with Crippen molar-refractivity contribution in [1.29, 1.82) is 0 Å². The first-order valence-electron chi connectivity index (χ1n) is 7.53. The van der Waals surface area contributed by atoms with Crippen molar-refractivity contribution in [2.45, 2.75) is 53.8 Å². The van der Waals surface area contributed by atoms with Crippen molar-refractivity contribution in [3.05, 3.63) is 20.3 Å². The van der Waals surface area contributed by atoms with Crippen LogP contribution in [0, 0.1) is 5.41 Å². The van der Waals surface area contributed by atoms with Gasteiger partial charge in [-0.15, -0.1) is 0 Å². The Morgan fingerprint density at radius 2 is 2.10 bits per heavy atom. The molecule has 2 nitrogen and oxygen atoms in total. The van der Waals surface area contributed by atoms with Gasteiger partial charge in [-0.05, 0) is 0 Å². The molecule has 1 aliphatic heterocycles. The molecular formula is C16H26BrNOSn. The maximum absolute atomic E-state index is 12.4. The van der Waals surface area contributed by atoms with Gasteiger partial charge < -0.3 is 0 Å². The van der Waals surface area contributed by atoms with Crippen LogP contribution in [0.25, 0.3) is 0 Å². The zero-order valence-electron chi connectivity index (χ0n) is 13.2. The molecule has 1 saturated heterocycles. The first kappa shape index (κ1) is 16.6. The predicted molar refractivity (Wildman–Crippen MR) is 91.3 cm³/mol. The molecule has 4 heteroatoms. The van der Waals surface area contributed by atoms with Crippen LogP contribution in [-0.2, 0) is 4.79 Å². The second kappa shape index (κ2) is 5.79. The number of carbonyl (C=O) groups is 1. The third kappa shape index (κ3) is 3.18. The Morgan fingerprint density at radius 1 is 1.45 bits per heavy atom. The number of carbonyl (C=O) groups excluding carboxylic acids is 1. The molecule has 1 fully saturated rings. The van der Waals surface area contributed by atoms with E-state index in [0.717, 1.165) is 25.8 Å². The molecule has 0 N–H and O–H groups in total.